The summed E-state index contributed by atoms with van der Waals surface area (Å²) in [7, 11) is 1.19. The Morgan fingerprint density at radius 3 is 2.58 bits per heavy atom. The molecule has 1 aliphatic rings. The van der Waals surface area contributed by atoms with Gasteiger partial charge in [-0.25, -0.2) is 9.78 Å². The molecule has 2 heterocycles. The number of nitrogens with zero attached hydrogens (tertiary/aromatic N) is 1. The summed E-state index contributed by atoms with van der Waals surface area (Å²) in [5, 5.41) is 0.0886. The maximum absolute atomic E-state index is 13.2. The predicted molar refractivity (Wildman–Crippen MR) is 83.6 cm³/mol. The van der Waals surface area contributed by atoms with Gasteiger partial charge in [-0.1, -0.05) is 31.5 Å². The van der Waals surface area contributed by atoms with Gasteiger partial charge in [0.05, 0.1) is 17.8 Å². The molecular weight excluding hydrogens is 344 g/mol. The Kier molecular flexibility index (Phi) is 5.23. The molecule has 24 heavy (non-hydrogen) atoms. The van der Waals surface area contributed by atoms with E-state index in [1.54, 1.807) is 0 Å². The van der Waals surface area contributed by atoms with Crippen LogP contribution in [0.3, 0.4) is 0 Å². The first-order valence-corrected chi connectivity index (χ1v) is 7.43. The smallest absolute Gasteiger partial charge is 0.464 e. The van der Waals surface area contributed by atoms with Crippen LogP contribution in [0.1, 0.15) is 24.3 Å². The minimum Gasteiger partial charge on any atom is -0.464 e. The normalized spacial score (nSPS) is 13.8. The third-order valence-electron chi connectivity index (χ3n) is 2.93. The van der Waals surface area contributed by atoms with Gasteiger partial charge >= 0.3 is 12.3 Å². The van der Waals surface area contributed by atoms with Crippen LogP contribution in [0.2, 0.25) is 5.02 Å². The topological polar surface area (TPSA) is 57.7 Å². The number of rotatable bonds is 2. The van der Waals surface area contributed by atoms with E-state index in [1.165, 1.54) is 37.4 Å². The highest BCUT2D eigenvalue weighted by atomic mass is 35.5. The molecule has 5 nitrogen and oxygen atoms in total. The van der Waals surface area contributed by atoms with E-state index < -0.39 is 12.3 Å². The summed E-state index contributed by atoms with van der Waals surface area (Å²) < 4.78 is 39.8. The van der Waals surface area contributed by atoms with Gasteiger partial charge in [0.2, 0.25) is 0 Å². The molecule has 2 aromatic rings. The number of carbonyl (C=O) groups is 1. The van der Waals surface area contributed by atoms with Crippen molar-refractivity contribution < 1.29 is 27.8 Å². The van der Waals surface area contributed by atoms with Gasteiger partial charge in [0.1, 0.15) is 0 Å². The fourth-order valence-corrected chi connectivity index (χ4v) is 2.19. The quantitative estimate of drug-likeness (QED) is 0.739. The van der Waals surface area contributed by atoms with E-state index in [1.807, 2.05) is 13.8 Å². The van der Waals surface area contributed by atoms with Crippen LogP contribution in [0.5, 0.6) is 11.5 Å². The van der Waals surface area contributed by atoms with Crippen molar-refractivity contribution >= 4 is 17.6 Å². The van der Waals surface area contributed by atoms with Crippen LogP contribution in [0, 0.1) is 0 Å². The molecule has 1 aliphatic heterocycles. The molecule has 1 aromatic heterocycles. The van der Waals surface area contributed by atoms with Crippen molar-refractivity contribution in [2.24, 2.45) is 0 Å². The van der Waals surface area contributed by atoms with Gasteiger partial charge in [0, 0.05) is 5.56 Å². The van der Waals surface area contributed by atoms with Gasteiger partial charge in [-0.3, -0.25) is 0 Å². The first-order valence-electron chi connectivity index (χ1n) is 7.05. The Bertz CT molecular complexity index is 768. The summed E-state index contributed by atoms with van der Waals surface area (Å²) in [6.07, 6.45) is -3.74. The SMILES string of the molecule is CC.COC(=O)c1nc(-c2cccc3c2OC(F)(F)O3)ccc1Cl. The Labute approximate surface area is 142 Å². The van der Waals surface area contributed by atoms with E-state index in [9.17, 15) is 13.6 Å². The summed E-state index contributed by atoms with van der Waals surface area (Å²) in [6, 6.07) is 7.26. The number of carbonyl (C=O) groups excluding carboxylic acids is 1. The first-order chi connectivity index (χ1) is 11.4. The van der Waals surface area contributed by atoms with Crippen molar-refractivity contribution in [3.8, 4) is 22.8 Å². The summed E-state index contributed by atoms with van der Waals surface area (Å²) in [4.78, 5) is 15.7. The number of alkyl halides is 2. The second-order valence-electron chi connectivity index (χ2n) is 4.32. The molecule has 0 unspecified atom stereocenters. The molecule has 0 fully saturated rings. The van der Waals surface area contributed by atoms with Crippen LogP contribution >= 0.6 is 11.6 Å². The van der Waals surface area contributed by atoms with Gasteiger partial charge in [-0.15, -0.1) is 8.78 Å². The number of hydrogen-bond donors (Lipinski definition) is 0. The number of benzene rings is 1. The lowest BCUT2D eigenvalue weighted by molar-refractivity contribution is -0.286. The van der Waals surface area contributed by atoms with E-state index in [4.69, 9.17) is 11.6 Å². The van der Waals surface area contributed by atoms with Crippen molar-refractivity contribution in [2.45, 2.75) is 20.1 Å². The number of aromatic nitrogens is 1. The lowest BCUT2D eigenvalue weighted by atomic mass is 10.1. The van der Waals surface area contributed by atoms with Gasteiger partial charge in [0.15, 0.2) is 17.2 Å². The predicted octanol–water partition coefficient (Wildman–Crippen LogP) is 4.54. The molecule has 128 valence electrons. The van der Waals surface area contributed by atoms with Gasteiger partial charge in [-0.2, -0.15) is 0 Å². The van der Waals surface area contributed by atoms with Gasteiger partial charge in [-0.05, 0) is 24.3 Å². The Morgan fingerprint density at radius 2 is 1.92 bits per heavy atom. The molecular formula is C16H14ClF2NO4. The van der Waals surface area contributed by atoms with Crippen LogP contribution in [0.4, 0.5) is 8.78 Å². The molecule has 0 amide bonds. The van der Waals surface area contributed by atoms with E-state index in [0.29, 0.717) is 0 Å². The van der Waals surface area contributed by atoms with Crippen molar-refractivity contribution in [3.05, 3.63) is 41.0 Å². The second kappa shape index (κ2) is 7.00. The lowest BCUT2D eigenvalue weighted by Gasteiger charge is -2.08. The van der Waals surface area contributed by atoms with E-state index in [0.717, 1.165) is 0 Å². The van der Waals surface area contributed by atoms with E-state index in [-0.39, 0.29) is 33.5 Å². The van der Waals surface area contributed by atoms with Crippen molar-refractivity contribution in [2.75, 3.05) is 7.11 Å². The monoisotopic (exact) mass is 357 g/mol. The second-order valence-corrected chi connectivity index (χ2v) is 4.73. The summed E-state index contributed by atoms with van der Waals surface area (Å²) >= 11 is 5.88. The third-order valence-corrected chi connectivity index (χ3v) is 3.23. The number of pyridine rings is 1. The average molecular weight is 358 g/mol. The molecule has 3 rings (SSSR count). The molecule has 0 saturated carbocycles. The summed E-state index contributed by atoms with van der Waals surface area (Å²) in [6.45, 7) is 4.00. The Hall–Kier alpha value is -2.41. The number of ether oxygens (including phenoxy) is 3. The molecule has 0 saturated heterocycles. The molecule has 0 N–H and O–H groups in total. The molecule has 0 radical (unpaired) electrons. The highest BCUT2D eigenvalue weighted by molar-refractivity contribution is 6.33. The highest BCUT2D eigenvalue weighted by Gasteiger charge is 2.44. The molecule has 0 spiro atoms. The Morgan fingerprint density at radius 1 is 1.21 bits per heavy atom. The zero-order valence-electron chi connectivity index (χ0n) is 13.1. The molecule has 0 aliphatic carbocycles. The number of esters is 1. The number of halogens is 3. The standard InChI is InChI=1S/C14H8ClF2NO4.C2H6/c1-20-13(19)11-8(15)5-6-9(18-11)7-3-2-4-10-12(7)22-14(16,17)21-10;1-2/h2-6H,1H3;1-2H3. The molecule has 0 bridgehead atoms. The van der Waals surface area contributed by atoms with Gasteiger partial charge in [0.25, 0.3) is 0 Å². The van der Waals surface area contributed by atoms with Crippen LogP contribution in [0.15, 0.2) is 30.3 Å². The maximum Gasteiger partial charge on any atom is 0.586 e. The number of para-hydroxylation sites is 1. The summed E-state index contributed by atoms with van der Waals surface area (Å²) in [5.74, 6) is -1.00. The third kappa shape index (κ3) is 3.41. The number of hydrogen-bond acceptors (Lipinski definition) is 5. The largest absolute Gasteiger partial charge is 0.586 e. The zero-order valence-corrected chi connectivity index (χ0v) is 13.9. The van der Waals surface area contributed by atoms with Gasteiger partial charge < -0.3 is 14.2 Å². The Balaban J connectivity index is 0.00000100. The molecule has 0 atom stereocenters. The van der Waals surface area contributed by atoms with Crippen LogP contribution in [0.25, 0.3) is 11.3 Å². The summed E-state index contributed by atoms with van der Waals surface area (Å²) in [5.41, 5.74) is 0.351. The average Bonchev–Trinajstić information content (AvgIpc) is 2.90. The number of fused-ring (bicyclic) bond motifs is 1. The minimum atomic E-state index is -3.74. The fraction of sp³-hybridized carbons (Fsp3) is 0.250. The lowest BCUT2D eigenvalue weighted by Crippen LogP contribution is -2.26. The van der Waals surface area contributed by atoms with E-state index >= 15 is 0 Å². The molecule has 1 aromatic carbocycles. The minimum absolute atomic E-state index is 0.0886. The van der Waals surface area contributed by atoms with Crippen LogP contribution in [-0.2, 0) is 4.74 Å². The van der Waals surface area contributed by atoms with Crippen LogP contribution in [-0.4, -0.2) is 24.4 Å². The maximum atomic E-state index is 13.2. The number of methoxy groups -OCH3 is 1. The van der Waals surface area contributed by atoms with Crippen molar-refractivity contribution in [1.82, 2.24) is 4.98 Å². The fourth-order valence-electron chi connectivity index (χ4n) is 2.00. The molecule has 8 heteroatoms. The zero-order chi connectivity index (χ0) is 17.9. The van der Waals surface area contributed by atoms with Crippen LogP contribution < -0.4 is 9.47 Å². The first kappa shape index (κ1) is 17.9. The van der Waals surface area contributed by atoms with E-state index in [2.05, 4.69) is 19.2 Å². The van der Waals surface area contributed by atoms with Crippen molar-refractivity contribution in [3.63, 3.8) is 0 Å². The van der Waals surface area contributed by atoms with Crippen molar-refractivity contribution in [1.29, 1.82) is 0 Å². The highest BCUT2D eigenvalue weighted by Crippen LogP contribution is 2.46.